The van der Waals surface area contributed by atoms with Crippen LogP contribution in [0, 0.1) is 0 Å². The van der Waals surface area contributed by atoms with Crippen LogP contribution in [0.25, 0.3) is 0 Å². The van der Waals surface area contributed by atoms with E-state index in [4.69, 9.17) is 9.72 Å². The standard InChI is InChI=1S/C16H29N3OS/c1-4-7-14-15(12-17-5-2)21-16(18-14)19-10-8-13(9-11-19)20-6-3/h13,17H,4-12H2,1-3H3. The van der Waals surface area contributed by atoms with Crippen molar-refractivity contribution in [3.63, 3.8) is 0 Å². The Hall–Kier alpha value is -0.650. The highest BCUT2D eigenvalue weighted by Crippen LogP contribution is 2.29. The molecular formula is C16H29N3OS. The zero-order chi connectivity index (χ0) is 15.1. The SMILES string of the molecule is CCCc1nc(N2CCC(OCC)CC2)sc1CNCC. The van der Waals surface area contributed by atoms with Gasteiger partial charge in [0.15, 0.2) is 5.13 Å². The Morgan fingerprint density at radius 2 is 2.05 bits per heavy atom. The predicted molar refractivity (Wildman–Crippen MR) is 90.4 cm³/mol. The summed E-state index contributed by atoms with van der Waals surface area (Å²) in [6.45, 7) is 11.4. The number of aryl methyl sites for hydroxylation is 1. The molecule has 1 aromatic rings. The molecule has 21 heavy (non-hydrogen) atoms. The van der Waals surface area contributed by atoms with Gasteiger partial charge in [-0.2, -0.15) is 0 Å². The quantitative estimate of drug-likeness (QED) is 0.800. The zero-order valence-electron chi connectivity index (χ0n) is 13.7. The van der Waals surface area contributed by atoms with E-state index in [1.807, 2.05) is 11.3 Å². The predicted octanol–water partition coefficient (Wildman–Crippen LogP) is 3.21. The van der Waals surface area contributed by atoms with Gasteiger partial charge in [-0.25, -0.2) is 4.98 Å². The Morgan fingerprint density at radius 1 is 1.29 bits per heavy atom. The fourth-order valence-corrected chi connectivity index (χ4v) is 3.89. The Morgan fingerprint density at radius 3 is 2.67 bits per heavy atom. The minimum absolute atomic E-state index is 0.447. The van der Waals surface area contributed by atoms with Gasteiger partial charge in [0.05, 0.1) is 11.8 Å². The van der Waals surface area contributed by atoms with Crippen LogP contribution >= 0.6 is 11.3 Å². The molecule has 0 amide bonds. The zero-order valence-corrected chi connectivity index (χ0v) is 14.5. The van der Waals surface area contributed by atoms with Crippen LogP contribution in [0.2, 0.25) is 0 Å². The van der Waals surface area contributed by atoms with Crippen LogP contribution < -0.4 is 10.2 Å². The molecule has 1 aromatic heterocycles. The van der Waals surface area contributed by atoms with Crippen LogP contribution in [0.3, 0.4) is 0 Å². The lowest BCUT2D eigenvalue weighted by molar-refractivity contribution is 0.0459. The molecule has 1 saturated heterocycles. The second kappa shape index (κ2) is 8.71. The van der Waals surface area contributed by atoms with Crippen LogP contribution in [0.5, 0.6) is 0 Å². The molecule has 0 atom stereocenters. The summed E-state index contributed by atoms with van der Waals surface area (Å²) < 4.78 is 5.73. The maximum absolute atomic E-state index is 5.73. The van der Waals surface area contributed by atoms with Gasteiger partial charge >= 0.3 is 0 Å². The molecule has 0 aliphatic carbocycles. The molecule has 0 radical (unpaired) electrons. The van der Waals surface area contributed by atoms with Gasteiger partial charge < -0.3 is 15.0 Å². The van der Waals surface area contributed by atoms with Gasteiger partial charge in [-0.3, -0.25) is 0 Å². The molecule has 0 bridgehead atoms. The number of nitrogens with one attached hydrogen (secondary N) is 1. The Balaban J connectivity index is 1.99. The van der Waals surface area contributed by atoms with Crippen molar-refractivity contribution in [2.45, 2.75) is 59.1 Å². The largest absolute Gasteiger partial charge is 0.378 e. The van der Waals surface area contributed by atoms with E-state index in [9.17, 15) is 0 Å². The number of piperidine rings is 1. The summed E-state index contributed by atoms with van der Waals surface area (Å²) >= 11 is 1.87. The highest BCUT2D eigenvalue weighted by atomic mass is 32.1. The molecule has 1 aliphatic rings. The number of rotatable bonds is 8. The number of hydrogen-bond donors (Lipinski definition) is 1. The lowest BCUT2D eigenvalue weighted by atomic mass is 10.1. The number of nitrogens with zero attached hydrogens (tertiary/aromatic N) is 2. The maximum atomic E-state index is 5.73. The Kier molecular flexibility index (Phi) is 6.93. The molecule has 0 saturated carbocycles. The van der Waals surface area contributed by atoms with Gasteiger partial charge in [-0.15, -0.1) is 11.3 Å². The summed E-state index contributed by atoms with van der Waals surface area (Å²) in [6, 6.07) is 0. The van der Waals surface area contributed by atoms with E-state index >= 15 is 0 Å². The molecule has 2 heterocycles. The van der Waals surface area contributed by atoms with E-state index in [0.717, 1.165) is 58.5 Å². The summed E-state index contributed by atoms with van der Waals surface area (Å²) in [4.78, 5) is 8.77. The third-order valence-corrected chi connectivity index (χ3v) is 5.06. The van der Waals surface area contributed by atoms with Gasteiger partial charge in [0.2, 0.25) is 0 Å². The third kappa shape index (κ3) is 4.66. The topological polar surface area (TPSA) is 37.4 Å². The minimum atomic E-state index is 0.447. The molecule has 120 valence electrons. The van der Waals surface area contributed by atoms with Crippen LogP contribution in [-0.4, -0.2) is 37.3 Å². The first-order valence-electron chi connectivity index (χ1n) is 8.34. The first-order valence-corrected chi connectivity index (χ1v) is 9.15. The highest BCUT2D eigenvalue weighted by Gasteiger charge is 2.22. The third-order valence-electron chi connectivity index (χ3n) is 3.90. The second-order valence-corrected chi connectivity index (χ2v) is 6.60. The fourth-order valence-electron chi connectivity index (χ4n) is 2.76. The van der Waals surface area contributed by atoms with Crippen molar-refractivity contribution in [3.8, 4) is 0 Å². The van der Waals surface area contributed by atoms with E-state index in [1.165, 1.54) is 15.7 Å². The van der Waals surface area contributed by atoms with E-state index < -0.39 is 0 Å². The summed E-state index contributed by atoms with van der Waals surface area (Å²) in [5, 5.41) is 4.64. The summed E-state index contributed by atoms with van der Waals surface area (Å²) in [6.07, 6.45) is 4.95. The van der Waals surface area contributed by atoms with Crippen molar-refractivity contribution < 1.29 is 4.74 Å². The maximum Gasteiger partial charge on any atom is 0.185 e. The molecule has 1 aliphatic heterocycles. The average molecular weight is 311 g/mol. The normalized spacial score (nSPS) is 16.6. The molecule has 0 spiro atoms. The summed E-state index contributed by atoms with van der Waals surface area (Å²) in [5.41, 5.74) is 1.30. The van der Waals surface area contributed by atoms with E-state index in [-0.39, 0.29) is 0 Å². The lowest BCUT2D eigenvalue weighted by Crippen LogP contribution is -2.37. The molecule has 2 rings (SSSR count). The highest BCUT2D eigenvalue weighted by molar-refractivity contribution is 7.15. The van der Waals surface area contributed by atoms with Gasteiger partial charge in [0.1, 0.15) is 0 Å². The van der Waals surface area contributed by atoms with Crippen LogP contribution in [0.4, 0.5) is 5.13 Å². The molecule has 0 unspecified atom stereocenters. The molecular weight excluding hydrogens is 282 g/mol. The fraction of sp³-hybridized carbons (Fsp3) is 0.812. The Labute approximate surface area is 132 Å². The Bertz CT molecular complexity index is 414. The first-order chi connectivity index (χ1) is 10.3. The smallest absolute Gasteiger partial charge is 0.185 e. The molecule has 1 fully saturated rings. The average Bonchev–Trinajstić information content (AvgIpc) is 2.90. The first kappa shape index (κ1) is 16.7. The number of thiazole rings is 1. The van der Waals surface area contributed by atoms with E-state index in [0.29, 0.717) is 6.10 Å². The number of hydrogen-bond acceptors (Lipinski definition) is 5. The molecule has 4 nitrogen and oxygen atoms in total. The van der Waals surface area contributed by atoms with Gasteiger partial charge in [0, 0.05) is 31.1 Å². The van der Waals surface area contributed by atoms with E-state index in [2.05, 4.69) is 31.0 Å². The van der Waals surface area contributed by atoms with Crippen molar-refractivity contribution >= 4 is 16.5 Å². The van der Waals surface area contributed by atoms with Crippen LogP contribution in [0.1, 0.15) is 50.6 Å². The van der Waals surface area contributed by atoms with Crippen LogP contribution in [-0.2, 0) is 17.7 Å². The van der Waals surface area contributed by atoms with E-state index in [1.54, 1.807) is 0 Å². The van der Waals surface area contributed by atoms with Crippen LogP contribution in [0.15, 0.2) is 0 Å². The number of ether oxygens (including phenoxy) is 1. The van der Waals surface area contributed by atoms with Crippen molar-refractivity contribution in [1.82, 2.24) is 10.3 Å². The van der Waals surface area contributed by atoms with Crippen molar-refractivity contribution in [2.75, 3.05) is 31.1 Å². The molecule has 5 heteroatoms. The minimum Gasteiger partial charge on any atom is -0.378 e. The van der Waals surface area contributed by atoms with Gasteiger partial charge in [-0.1, -0.05) is 20.3 Å². The number of anilines is 1. The molecule has 1 N–H and O–H groups in total. The van der Waals surface area contributed by atoms with Crippen molar-refractivity contribution in [3.05, 3.63) is 10.6 Å². The monoisotopic (exact) mass is 311 g/mol. The van der Waals surface area contributed by atoms with Gasteiger partial charge in [-0.05, 0) is 32.7 Å². The lowest BCUT2D eigenvalue weighted by Gasteiger charge is -2.31. The summed E-state index contributed by atoms with van der Waals surface area (Å²) in [5.74, 6) is 0. The van der Waals surface area contributed by atoms with Crippen molar-refractivity contribution in [2.24, 2.45) is 0 Å². The second-order valence-electron chi connectivity index (χ2n) is 5.54. The van der Waals surface area contributed by atoms with Gasteiger partial charge in [0.25, 0.3) is 0 Å². The molecule has 0 aromatic carbocycles. The van der Waals surface area contributed by atoms with Crippen molar-refractivity contribution in [1.29, 1.82) is 0 Å². The summed E-state index contributed by atoms with van der Waals surface area (Å²) in [7, 11) is 0. The number of aromatic nitrogens is 1.